The van der Waals surface area contributed by atoms with E-state index in [1.165, 1.54) is 16.2 Å². The lowest BCUT2D eigenvalue weighted by Gasteiger charge is -2.23. The molecule has 3 rings (SSSR count). The smallest absolute Gasteiger partial charge is 0.270 e. The summed E-state index contributed by atoms with van der Waals surface area (Å²) in [6, 6.07) is 11.7. The van der Waals surface area contributed by atoms with Gasteiger partial charge >= 0.3 is 0 Å². The fourth-order valence-electron chi connectivity index (χ4n) is 2.43. The van der Waals surface area contributed by atoms with E-state index in [1.807, 2.05) is 49.8 Å². The molecule has 0 fully saturated rings. The number of likely N-dealkylation sites (N-methyl/N-ethyl adjacent to an activating group) is 1. The summed E-state index contributed by atoms with van der Waals surface area (Å²) in [6.45, 7) is 0.538. The maximum Gasteiger partial charge on any atom is 0.270 e. The SMILES string of the molecule is CN(C)C(CNC(=O)c1csc(-c2cccc(Cl)c2)n1)c1cccs1. The zero-order valence-corrected chi connectivity index (χ0v) is 16.3. The van der Waals surface area contributed by atoms with Gasteiger partial charge in [-0.05, 0) is 37.7 Å². The van der Waals surface area contributed by atoms with Crippen LogP contribution in [-0.4, -0.2) is 36.4 Å². The Morgan fingerprint density at radius 1 is 1.28 bits per heavy atom. The van der Waals surface area contributed by atoms with Crippen molar-refractivity contribution in [1.82, 2.24) is 15.2 Å². The fraction of sp³-hybridized carbons (Fsp3) is 0.222. The molecule has 0 radical (unpaired) electrons. The largest absolute Gasteiger partial charge is 0.349 e. The highest BCUT2D eigenvalue weighted by Crippen LogP contribution is 2.26. The lowest BCUT2D eigenvalue weighted by molar-refractivity contribution is 0.0938. The molecule has 0 aliphatic heterocycles. The molecule has 0 aliphatic rings. The molecule has 1 amide bonds. The molecular formula is C18H18ClN3OS2. The second kappa shape index (κ2) is 8.10. The molecule has 1 unspecified atom stereocenters. The van der Waals surface area contributed by atoms with Gasteiger partial charge in [0.2, 0.25) is 0 Å². The number of amides is 1. The molecule has 1 aromatic carbocycles. The van der Waals surface area contributed by atoms with Crippen molar-refractivity contribution >= 4 is 40.2 Å². The molecule has 0 aliphatic carbocycles. The van der Waals surface area contributed by atoms with Crippen molar-refractivity contribution in [1.29, 1.82) is 0 Å². The summed E-state index contributed by atoms with van der Waals surface area (Å²) in [7, 11) is 4.02. The maximum absolute atomic E-state index is 12.4. The monoisotopic (exact) mass is 391 g/mol. The predicted octanol–water partition coefficient (Wildman–Crippen LogP) is 4.56. The van der Waals surface area contributed by atoms with E-state index >= 15 is 0 Å². The number of nitrogens with zero attached hydrogens (tertiary/aromatic N) is 2. The van der Waals surface area contributed by atoms with E-state index in [9.17, 15) is 4.79 Å². The standard InChI is InChI=1S/C18H18ClN3OS2/c1-22(2)15(16-7-4-8-24-16)10-20-17(23)14-11-25-18(21-14)12-5-3-6-13(19)9-12/h3-9,11,15H,10H2,1-2H3,(H,20,23). The summed E-state index contributed by atoms with van der Waals surface area (Å²) in [5, 5.41) is 8.26. The van der Waals surface area contributed by atoms with E-state index < -0.39 is 0 Å². The Balaban J connectivity index is 1.68. The molecule has 0 spiro atoms. The van der Waals surface area contributed by atoms with Crippen molar-refractivity contribution < 1.29 is 4.79 Å². The van der Waals surface area contributed by atoms with Crippen LogP contribution in [0.1, 0.15) is 21.4 Å². The third kappa shape index (κ3) is 4.46. The number of hydrogen-bond acceptors (Lipinski definition) is 5. The van der Waals surface area contributed by atoms with E-state index in [-0.39, 0.29) is 11.9 Å². The molecule has 1 atom stereocenters. The van der Waals surface area contributed by atoms with Crippen LogP contribution in [0.25, 0.3) is 10.6 Å². The summed E-state index contributed by atoms with van der Waals surface area (Å²) < 4.78 is 0. The predicted molar refractivity (Wildman–Crippen MR) is 106 cm³/mol. The number of rotatable bonds is 6. The van der Waals surface area contributed by atoms with Crippen molar-refractivity contribution in [3.63, 3.8) is 0 Å². The molecule has 2 heterocycles. The molecule has 0 saturated heterocycles. The van der Waals surface area contributed by atoms with E-state index in [0.29, 0.717) is 17.3 Å². The summed E-state index contributed by atoms with van der Waals surface area (Å²) in [4.78, 5) is 20.2. The first-order chi connectivity index (χ1) is 12.0. The van der Waals surface area contributed by atoms with Gasteiger partial charge in [-0.3, -0.25) is 4.79 Å². The second-order valence-electron chi connectivity index (χ2n) is 5.75. The van der Waals surface area contributed by atoms with Gasteiger partial charge in [-0.1, -0.05) is 29.8 Å². The van der Waals surface area contributed by atoms with Crippen LogP contribution < -0.4 is 5.32 Å². The van der Waals surface area contributed by atoms with E-state index in [2.05, 4.69) is 21.3 Å². The first-order valence-electron chi connectivity index (χ1n) is 7.74. The molecule has 3 aromatic rings. The normalized spacial score (nSPS) is 12.3. The van der Waals surface area contributed by atoms with Gasteiger partial charge in [0.15, 0.2) is 0 Å². The summed E-state index contributed by atoms with van der Waals surface area (Å²) in [5.41, 5.74) is 1.35. The Morgan fingerprint density at radius 3 is 2.80 bits per heavy atom. The van der Waals surface area contributed by atoms with Crippen LogP contribution >= 0.6 is 34.3 Å². The number of hydrogen-bond donors (Lipinski definition) is 1. The van der Waals surface area contributed by atoms with Gasteiger partial charge in [0, 0.05) is 27.4 Å². The molecule has 2 aromatic heterocycles. The first-order valence-corrected chi connectivity index (χ1v) is 9.88. The van der Waals surface area contributed by atoms with Crippen LogP contribution in [0.5, 0.6) is 0 Å². The Kier molecular flexibility index (Phi) is 5.86. The van der Waals surface area contributed by atoms with Crippen molar-refractivity contribution in [3.8, 4) is 10.6 Å². The number of benzene rings is 1. The summed E-state index contributed by atoms with van der Waals surface area (Å²) in [5.74, 6) is -0.159. The van der Waals surface area contributed by atoms with Gasteiger partial charge in [0.25, 0.3) is 5.91 Å². The summed E-state index contributed by atoms with van der Waals surface area (Å²) in [6.07, 6.45) is 0. The van der Waals surface area contributed by atoms with Crippen LogP contribution in [-0.2, 0) is 0 Å². The van der Waals surface area contributed by atoms with Crippen molar-refractivity contribution in [2.45, 2.75) is 6.04 Å². The number of thiazole rings is 1. The maximum atomic E-state index is 12.4. The Bertz CT molecular complexity index is 846. The highest BCUT2D eigenvalue weighted by Gasteiger charge is 2.18. The van der Waals surface area contributed by atoms with Crippen molar-refractivity contribution in [2.24, 2.45) is 0 Å². The third-order valence-corrected chi connectivity index (χ3v) is 5.86. The van der Waals surface area contributed by atoms with Crippen LogP contribution in [0, 0.1) is 0 Å². The number of thiophene rings is 1. The number of carbonyl (C=O) groups is 1. The lowest BCUT2D eigenvalue weighted by Crippen LogP contribution is -2.34. The number of aromatic nitrogens is 1. The number of carbonyl (C=O) groups excluding carboxylic acids is 1. The Morgan fingerprint density at radius 2 is 2.12 bits per heavy atom. The van der Waals surface area contributed by atoms with Crippen LogP contribution in [0.15, 0.2) is 47.2 Å². The highest BCUT2D eigenvalue weighted by atomic mass is 35.5. The Hall–Kier alpha value is -1.73. The number of halogens is 1. The molecule has 4 nitrogen and oxygen atoms in total. The minimum absolute atomic E-state index is 0.148. The van der Waals surface area contributed by atoms with Gasteiger partial charge < -0.3 is 10.2 Å². The van der Waals surface area contributed by atoms with E-state index in [1.54, 1.807) is 16.7 Å². The van der Waals surface area contributed by atoms with Crippen molar-refractivity contribution in [2.75, 3.05) is 20.6 Å². The molecule has 7 heteroatoms. The first kappa shape index (κ1) is 18.1. The highest BCUT2D eigenvalue weighted by molar-refractivity contribution is 7.13. The fourth-order valence-corrected chi connectivity index (χ4v) is 4.34. The zero-order valence-electron chi connectivity index (χ0n) is 13.9. The average molecular weight is 392 g/mol. The van der Waals surface area contributed by atoms with Gasteiger partial charge in [0.05, 0.1) is 6.04 Å². The molecule has 25 heavy (non-hydrogen) atoms. The molecule has 1 N–H and O–H groups in total. The number of nitrogens with one attached hydrogen (secondary N) is 1. The van der Waals surface area contributed by atoms with Crippen LogP contribution in [0.4, 0.5) is 0 Å². The van der Waals surface area contributed by atoms with Crippen LogP contribution in [0.2, 0.25) is 5.02 Å². The lowest BCUT2D eigenvalue weighted by atomic mass is 10.2. The minimum atomic E-state index is -0.159. The zero-order chi connectivity index (χ0) is 17.8. The van der Waals surface area contributed by atoms with Gasteiger partial charge in [-0.2, -0.15) is 0 Å². The van der Waals surface area contributed by atoms with Gasteiger partial charge in [-0.15, -0.1) is 22.7 Å². The molecule has 0 bridgehead atoms. The molecule has 0 saturated carbocycles. The summed E-state index contributed by atoms with van der Waals surface area (Å²) >= 11 is 9.15. The van der Waals surface area contributed by atoms with E-state index in [0.717, 1.165) is 10.6 Å². The topological polar surface area (TPSA) is 45.2 Å². The Labute approximate surface area is 160 Å². The minimum Gasteiger partial charge on any atom is -0.349 e. The average Bonchev–Trinajstić information content (AvgIpc) is 3.26. The third-order valence-electron chi connectivity index (χ3n) is 3.76. The van der Waals surface area contributed by atoms with Gasteiger partial charge in [-0.25, -0.2) is 4.98 Å². The van der Waals surface area contributed by atoms with Gasteiger partial charge in [0.1, 0.15) is 10.7 Å². The quantitative estimate of drug-likeness (QED) is 0.670. The second-order valence-corrected chi connectivity index (χ2v) is 8.03. The molecular weight excluding hydrogens is 374 g/mol. The van der Waals surface area contributed by atoms with Crippen LogP contribution in [0.3, 0.4) is 0 Å². The molecule has 130 valence electrons. The van der Waals surface area contributed by atoms with E-state index in [4.69, 9.17) is 11.6 Å². The van der Waals surface area contributed by atoms with Crippen molar-refractivity contribution in [3.05, 3.63) is 62.8 Å².